The average molecular weight is 455 g/mol. The Labute approximate surface area is 185 Å². The predicted octanol–water partition coefficient (Wildman–Crippen LogP) is 2.75. The Morgan fingerprint density at radius 1 is 1.00 bits per heavy atom. The molecule has 1 heterocycles. The Kier molecular flexibility index (Phi) is 6.52. The average Bonchev–Trinajstić information content (AvgIpc) is 2.81. The monoisotopic (exact) mass is 454 g/mol. The predicted molar refractivity (Wildman–Crippen MR) is 116 cm³/mol. The van der Waals surface area contributed by atoms with Crippen LogP contribution in [0.1, 0.15) is 16.7 Å². The highest BCUT2D eigenvalue weighted by atomic mass is 32.2. The number of nitrogens with one attached hydrogen (secondary N) is 2. The van der Waals surface area contributed by atoms with E-state index in [1.807, 2.05) is 54.6 Å². The molecule has 0 radical (unpaired) electrons. The number of hydroxylamine groups is 1. The Morgan fingerprint density at radius 2 is 1.72 bits per heavy atom. The lowest BCUT2D eigenvalue weighted by molar-refractivity contribution is -0.132. The van der Waals surface area contributed by atoms with Crippen molar-refractivity contribution in [2.75, 3.05) is 6.61 Å². The number of fused-ring (bicyclic) bond motifs is 2. The largest absolute Gasteiger partial charge is 0.457 e. The fourth-order valence-electron chi connectivity index (χ4n) is 3.40. The van der Waals surface area contributed by atoms with Gasteiger partial charge in [-0.15, -0.1) is 0 Å². The Morgan fingerprint density at radius 3 is 2.50 bits per heavy atom. The zero-order chi connectivity index (χ0) is 22.6. The second kappa shape index (κ2) is 9.49. The third-order valence-electron chi connectivity index (χ3n) is 5.04. The number of para-hydroxylation sites is 1. The van der Waals surface area contributed by atoms with E-state index in [0.717, 1.165) is 22.4 Å². The molecule has 0 unspecified atom stereocenters. The molecule has 0 bridgehead atoms. The van der Waals surface area contributed by atoms with Crippen molar-refractivity contribution in [1.82, 2.24) is 10.2 Å². The number of amides is 1. The molecule has 0 saturated heterocycles. The van der Waals surface area contributed by atoms with Gasteiger partial charge in [0.15, 0.2) is 0 Å². The third kappa shape index (κ3) is 4.97. The number of ether oxygens (including phenoxy) is 2. The first-order valence-electron chi connectivity index (χ1n) is 9.93. The lowest BCUT2D eigenvalue weighted by Crippen LogP contribution is -2.48. The van der Waals surface area contributed by atoms with Crippen LogP contribution in [0.25, 0.3) is 0 Å². The standard InChI is InChI=1S/C23H22N2O6S/c26-23(24-27)20(15-30-14-16-6-2-1-3-7-16)25-32(28,29)19-10-11-22-18(13-19)12-17-8-4-5-9-21(17)31-22/h1-11,13,20,25,27H,12,14-15H2,(H,24,26)/t20-/m1/s1. The van der Waals surface area contributed by atoms with Gasteiger partial charge in [-0.2, -0.15) is 4.72 Å². The van der Waals surface area contributed by atoms with E-state index < -0.39 is 22.0 Å². The van der Waals surface area contributed by atoms with Gasteiger partial charge in [0.2, 0.25) is 10.0 Å². The third-order valence-corrected chi connectivity index (χ3v) is 6.51. The molecule has 166 valence electrons. The van der Waals surface area contributed by atoms with Gasteiger partial charge < -0.3 is 9.47 Å². The summed E-state index contributed by atoms with van der Waals surface area (Å²) in [6.45, 7) is -0.0741. The minimum atomic E-state index is -4.08. The quantitative estimate of drug-likeness (QED) is 0.279. The van der Waals surface area contributed by atoms with Crippen LogP contribution in [0.5, 0.6) is 11.5 Å². The van der Waals surface area contributed by atoms with Crippen molar-refractivity contribution >= 4 is 15.9 Å². The highest BCUT2D eigenvalue weighted by Gasteiger charge is 2.27. The zero-order valence-electron chi connectivity index (χ0n) is 17.0. The highest BCUT2D eigenvalue weighted by Crippen LogP contribution is 2.37. The van der Waals surface area contributed by atoms with Gasteiger partial charge in [0.1, 0.15) is 17.5 Å². The van der Waals surface area contributed by atoms with Gasteiger partial charge in [-0.05, 0) is 35.4 Å². The van der Waals surface area contributed by atoms with Crippen LogP contribution in [0.4, 0.5) is 0 Å². The number of carbonyl (C=O) groups excluding carboxylic acids is 1. The van der Waals surface area contributed by atoms with E-state index in [1.54, 1.807) is 6.07 Å². The SMILES string of the molecule is O=C(NO)[C@@H](COCc1ccccc1)NS(=O)(=O)c1ccc2c(c1)Cc1ccccc1O2. The molecule has 0 aromatic heterocycles. The minimum absolute atomic E-state index is 0.0157. The van der Waals surface area contributed by atoms with E-state index in [0.29, 0.717) is 12.2 Å². The fourth-order valence-corrected chi connectivity index (χ4v) is 4.63. The first-order valence-corrected chi connectivity index (χ1v) is 11.4. The molecule has 32 heavy (non-hydrogen) atoms. The summed E-state index contributed by atoms with van der Waals surface area (Å²) >= 11 is 0. The fraction of sp³-hybridized carbons (Fsp3) is 0.174. The van der Waals surface area contributed by atoms with Crippen molar-refractivity contribution in [2.24, 2.45) is 0 Å². The molecule has 0 spiro atoms. The summed E-state index contributed by atoms with van der Waals surface area (Å²) in [4.78, 5) is 12.0. The van der Waals surface area contributed by atoms with Crippen molar-refractivity contribution in [3.05, 3.63) is 89.5 Å². The number of benzene rings is 3. The summed E-state index contributed by atoms with van der Waals surface area (Å²) in [6.07, 6.45) is 0.523. The van der Waals surface area contributed by atoms with Gasteiger partial charge in [0.05, 0.1) is 18.1 Å². The molecule has 3 N–H and O–H groups in total. The molecule has 4 rings (SSSR count). The zero-order valence-corrected chi connectivity index (χ0v) is 17.8. The Hall–Kier alpha value is -3.24. The van der Waals surface area contributed by atoms with Crippen molar-refractivity contribution in [2.45, 2.75) is 24.0 Å². The molecule has 0 aliphatic carbocycles. The van der Waals surface area contributed by atoms with Crippen LogP contribution >= 0.6 is 0 Å². The Bertz CT molecular complexity index is 1210. The maximum Gasteiger partial charge on any atom is 0.263 e. The van der Waals surface area contributed by atoms with Crippen LogP contribution < -0.4 is 14.9 Å². The van der Waals surface area contributed by atoms with Gasteiger partial charge in [0.25, 0.3) is 5.91 Å². The molecule has 9 heteroatoms. The number of sulfonamides is 1. The lowest BCUT2D eigenvalue weighted by Gasteiger charge is -2.21. The van der Waals surface area contributed by atoms with Gasteiger partial charge in [-0.3, -0.25) is 10.0 Å². The molecule has 1 aliphatic heterocycles. The van der Waals surface area contributed by atoms with Gasteiger partial charge in [0, 0.05) is 12.0 Å². The second-order valence-corrected chi connectivity index (χ2v) is 9.02. The van der Waals surface area contributed by atoms with Gasteiger partial charge >= 0.3 is 0 Å². The van der Waals surface area contributed by atoms with Crippen LogP contribution in [0.3, 0.4) is 0 Å². The molecule has 0 saturated carbocycles. The highest BCUT2D eigenvalue weighted by molar-refractivity contribution is 7.89. The summed E-state index contributed by atoms with van der Waals surface area (Å²) in [5.74, 6) is 0.402. The van der Waals surface area contributed by atoms with Gasteiger partial charge in [-0.1, -0.05) is 48.5 Å². The van der Waals surface area contributed by atoms with Crippen LogP contribution in [0, 0.1) is 0 Å². The van der Waals surface area contributed by atoms with Crippen LogP contribution in [0.2, 0.25) is 0 Å². The topological polar surface area (TPSA) is 114 Å². The Balaban J connectivity index is 1.48. The number of rotatable bonds is 8. The lowest BCUT2D eigenvalue weighted by atomic mass is 10.0. The normalized spacial score (nSPS) is 13.4. The van der Waals surface area contributed by atoms with E-state index in [-0.39, 0.29) is 18.1 Å². The van der Waals surface area contributed by atoms with Crippen molar-refractivity contribution < 1.29 is 27.9 Å². The molecule has 0 fully saturated rings. The summed E-state index contributed by atoms with van der Waals surface area (Å²) in [5, 5.41) is 9.03. The van der Waals surface area contributed by atoms with Crippen molar-refractivity contribution in [3.8, 4) is 11.5 Å². The molecule has 1 atom stereocenters. The number of hydrogen-bond acceptors (Lipinski definition) is 6. The molecule has 1 amide bonds. The van der Waals surface area contributed by atoms with Crippen molar-refractivity contribution in [1.29, 1.82) is 0 Å². The van der Waals surface area contributed by atoms with Crippen LogP contribution in [0.15, 0.2) is 77.7 Å². The number of carbonyl (C=O) groups is 1. The van der Waals surface area contributed by atoms with E-state index in [4.69, 9.17) is 14.7 Å². The molecule has 1 aliphatic rings. The summed E-state index contributed by atoms with van der Waals surface area (Å²) in [7, 11) is -4.08. The summed E-state index contributed by atoms with van der Waals surface area (Å²) < 4.78 is 39.6. The summed E-state index contributed by atoms with van der Waals surface area (Å²) in [6, 6.07) is 20.0. The molecular weight excluding hydrogens is 432 g/mol. The molecule has 3 aromatic rings. The summed E-state index contributed by atoms with van der Waals surface area (Å²) in [5.41, 5.74) is 4.02. The van der Waals surface area contributed by atoms with E-state index in [9.17, 15) is 13.2 Å². The van der Waals surface area contributed by atoms with E-state index >= 15 is 0 Å². The van der Waals surface area contributed by atoms with Gasteiger partial charge in [-0.25, -0.2) is 13.9 Å². The van der Waals surface area contributed by atoms with E-state index in [2.05, 4.69) is 4.72 Å². The molecule has 3 aromatic carbocycles. The van der Waals surface area contributed by atoms with Crippen molar-refractivity contribution in [3.63, 3.8) is 0 Å². The first kappa shape index (κ1) is 22.0. The number of hydrogen-bond donors (Lipinski definition) is 3. The van der Waals surface area contributed by atoms with Crippen LogP contribution in [-0.2, 0) is 32.6 Å². The first-order chi connectivity index (χ1) is 15.5. The maximum absolute atomic E-state index is 13.0. The molecular formula is C23H22N2O6S. The van der Waals surface area contributed by atoms with E-state index in [1.165, 1.54) is 17.6 Å². The minimum Gasteiger partial charge on any atom is -0.457 e. The second-order valence-electron chi connectivity index (χ2n) is 7.31. The maximum atomic E-state index is 13.0. The smallest absolute Gasteiger partial charge is 0.263 e. The van der Waals surface area contributed by atoms with Crippen LogP contribution in [-0.4, -0.2) is 32.2 Å². The molecule has 8 nitrogen and oxygen atoms in total.